The second-order valence-corrected chi connectivity index (χ2v) is 8.47. The van der Waals surface area contributed by atoms with Gasteiger partial charge in [0, 0.05) is 56.7 Å². The Morgan fingerprint density at radius 3 is 3.12 bits per heavy atom. The van der Waals surface area contributed by atoms with Crippen LogP contribution in [0.25, 0.3) is 11.0 Å². The Balaban J connectivity index is 1.77. The molecule has 3 rings (SSSR count). The Morgan fingerprint density at radius 2 is 2.36 bits per heavy atom. The molecule has 1 aliphatic heterocycles. The van der Waals surface area contributed by atoms with Crippen LogP contribution >= 0.6 is 42.1 Å². The Hall–Kier alpha value is -0.720. The van der Waals surface area contributed by atoms with Crippen LogP contribution in [-0.2, 0) is 4.79 Å². The number of rotatable bonds is 6. The third-order valence-corrected chi connectivity index (χ3v) is 6.54. The second kappa shape index (κ2) is 8.78. The van der Waals surface area contributed by atoms with E-state index in [1.54, 1.807) is 27.2 Å². The highest BCUT2D eigenvalue weighted by Gasteiger charge is 2.28. The lowest BCUT2D eigenvalue weighted by molar-refractivity contribution is -0.126. The normalized spacial score (nSPS) is 18.4. The Kier molecular flexibility index (Phi) is 6.69. The number of halogens is 1. The van der Waals surface area contributed by atoms with Crippen molar-refractivity contribution in [3.63, 3.8) is 0 Å². The van der Waals surface area contributed by atoms with E-state index >= 15 is 0 Å². The van der Waals surface area contributed by atoms with Gasteiger partial charge < -0.3 is 5.32 Å². The van der Waals surface area contributed by atoms with E-state index in [2.05, 4.69) is 46.5 Å². The van der Waals surface area contributed by atoms with Crippen LogP contribution in [0.15, 0.2) is 18.6 Å². The van der Waals surface area contributed by atoms with Gasteiger partial charge in [-0.05, 0) is 25.2 Å². The first-order chi connectivity index (χ1) is 12.2. The molecule has 0 aliphatic carbocycles. The molecule has 1 atom stereocenters. The summed E-state index contributed by atoms with van der Waals surface area (Å²) in [6.45, 7) is 1.64. The molecule has 0 bridgehead atoms. The summed E-state index contributed by atoms with van der Waals surface area (Å²) in [7, 11) is 3.59. The smallest absolute Gasteiger partial charge is 0.225 e. The predicted molar refractivity (Wildman–Crippen MR) is 114 cm³/mol. The van der Waals surface area contributed by atoms with Gasteiger partial charge in [0.1, 0.15) is 6.33 Å². The maximum Gasteiger partial charge on any atom is 0.225 e. The fourth-order valence-electron chi connectivity index (χ4n) is 3.09. The average molecular weight is 492 g/mol. The number of piperidine rings is 1. The predicted octanol–water partition coefficient (Wildman–Crippen LogP) is 2.78. The highest BCUT2D eigenvalue weighted by atomic mass is 127. The second-order valence-electron chi connectivity index (χ2n) is 5.89. The third kappa shape index (κ3) is 4.17. The van der Waals surface area contributed by atoms with E-state index in [1.807, 2.05) is 29.5 Å². The van der Waals surface area contributed by atoms with Crippen LogP contribution in [0.2, 0.25) is 0 Å². The molecule has 0 saturated carbocycles. The molecule has 3 heterocycles. The van der Waals surface area contributed by atoms with Crippen LogP contribution in [0.5, 0.6) is 0 Å². The van der Waals surface area contributed by atoms with Crippen molar-refractivity contribution in [2.24, 2.45) is 5.92 Å². The van der Waals surface area contributed by atoms with Crippen molar-refractivity contribution in [2.45, 2.75) is 12.8 Å². The molecule has 10 heteroatoms. The summed E-state index contributed by atoms with van der Waals surface area (Å²) in [5.41, 5.74) is 0.905. The van der Waals surface area contributed by atoms with Gasteiger partial charge in [0.25, 0.3) is 0 Å². The summed E-state index contributed by atoms with van der Waals surface area (Å²) in [5, 5.41) is 8.29. The number of anilines is 1. The largest absolute Gasteiger partial charge is 0.347 e. The van der Waals surface area contributed by atoms with Gasteiger partial charge in [0.15, 0.2) is 11.5 Å². The van der Waals surface area contributed by atoms with E-state index in [1.165, 1.54) is 0 Å². The van der Waals surface area contributed by atoms with Gasteiger partial charge in [-0.1, -0.05) is 0 Å². The molecule has 0 aromatic carbocycles. The molecule has 0 radical (unpaired) electrons. The van der Waals surface area contributed by atoms with Gasteiger partial charge in [0.2, 0.25) is 5.91 Å². The number of aromatic nitrogens is 3. The van der Waals surface area contributed by atoms with Crippen LogP contribution in [0, 0.1) is 5.92 Å². The monoisotopic (exact) mass is 492 g/mol. The summed E-state index contributed by atoms with van der Waals surface area (Å²) < 4.78 is 2.02. The topological polar surface area (TPSA) is 66.3 Å². The molecule has 1 fully saturated rings. The lowest BCUT2D eigenvalue weighted by Gasteiger charge is -2.38. The standard InChI is InChI=1S/C15H21IN6OS2/c1-20(13-12-5-7-22(25-16)14(12)18-9-17-13)21-6-3-4-11(8-21)15(23)19-10-24-2/h5,7,9,11H,3-4,6,8,10H2,1-2H3,(H,19,23). The van der Waals surface area contributed by atoms with Gasteiger partial charge >= 0.3 is 0 Å². The number of thioether (sulfide) groups is 1. The van der Waals surface area contributed by atoms with E-state index in [0.29, 0.717) is 12.4 Å². The van der Waals surface area contributed by atoms with Gasteiger partial charge in [-0.3, -0.25) is 13.8 Å². The molecule has 2 aromatic rings. The van der Waals surface area contributed by atoms with E-state index in [9.17, 15) is 4.79 Å². The number of carbonyl (C=O) groups is 1. The zero-order valence-electron chi connectivity index (χ0n) is 14.2. The first kappa shape index (κ1) is 19.1. The van der Waals surface area contributed by atoms with Crippen LogP contribution < -0.4 is 10.3 Å². The zero-order chi connectivity index (χ0) is 17.8. The van der Waals surface area contributed by atoms with Crippen LogP contribution in [0.3, 0.4) is 0 Å². The molecular formula is C15H21IN6OS2. The quantitative estimate of drug-likeness (QED) is 0.492. The fraction of sp³-hybridized carbons (Fsp3) is 0.533. The molecule has 1 amide bonds. The molecule has 0 spiro atoms. The summed E-state index contributed by atoms with van der Waals surface area (Å²) in [4.78, 5) is 21.2. The maximum absolute atomic E-state index is 12.3. The first-order valence-electron chi connectivity index (χ1n) is 8.02. The van der Waals surface area contributed by atoms with Crippen molar-refractivity contribution in [1.29, 1.82) is 0 Å². The zero-order valence-corrected chi connectivity index (χ0v) is 18.0. The van der Waals surface area contributed by atoms with Crippen molar-refractivity contribution in [2.75, 3.05) is 37.3 Å². The van der Waals surface area contributed by atoms with E-state index in [4.69, 9.17) is 0 Å². The Bertz CT molecular complexity index is 742. The average Bonchev–Trinajstić information content (AvgIpc) is 3.08. The third-order valence-electron chi connectivity index (χ3n) is 4.39. The van der Waals surface area contributed by atoms with E-state index < -0.39 is 0 Å². The molecule has 1 N–H and O–H groups in total. The number of hydrogen-bond acceptors (Lipinski definition) is 7. The molecule has 136 valence electrons. The highest BCUT2D eigenvalue weighted by molar-refractivity contribution is 14.2. The highest BCUT2D eigenvalue weighted by Crippen LogP contribution is 2.30. The number of hydrogen-bond donors (Lipinski definition) is 1. The summed E-state index contributed by atoms with van der Waals surface area (Å²) >= 11 is 3.87. The number of amides is 1. The minimum atomic E-state index is 0.0233. The van der Waals surface area contributed by atoms with E-state index in [-0.39, 0.29) is 11.8 Å². The van der Waals surface area contributed by atoms with Gasteiger partial charge in [-0.15, -0.1) is 11.8 Å². The van der Waals surface area contributed by atoms with Gasteiger partial charge in [0.05, 0.1) is 17.2 Å². The lowest BCUT2D eigenvalue weighted by Crippen LogP contribution is -2.50. The number of fused-ring (bicyclic) bond motifs is 1. The van der Waals surface area contributed by atoms with Crippen molar-refractivity contribution in [3.05, 3.63) is 18.6 Å². The molecule has 1 aliphatic rings. The number of hydrazine groups is 1. The summed E-state index contributed by atoms with van der Waals surface area (Å²) in [6.07, 6.45) is 7.53. The van der Waals surface area contributed by atoms with Crippen molar-refractivity contribution in [3.8, 4) is 0 Å². The van der Waals surface area contributed by atoms with Crippen molar-refractivity contribution >= 4 is 64.8 Å². The molecule has 1 saturated heterocycles. The lowest BCUT2D eigenvalue weighted by atomic mass is 9.98. The fourth-order valence-corrected chi connectivity index (χ4v) is 4.65. The van der Waals surface area contributed by atoms with Gasteiger partial charge in [-0.25, -0.2) is 15.0 Å². The minimum absolute atomic E-state index is 0.0233. The Morgan fingerprint density at radius 1 is 1.52 bits per heavy atom. The molecule has 7 nitrogen and oxygen atoms in total. The van der Waals surface area contributed by atoms with Crippen molar-refractivity contribution < 1.29 is 4.79 Å². The molecular weight excluding hydrogens is 471 g/mol. The SMILES string of the molecule is CSCNC(=O)C1CCCN(N(C)c2ncnc3c2ccn3SI)C1. The minimum Gasteiger partial charge on any atom is -0.347 e. The van der Waals surface area contributed by atoms with Crippen LogP contribution in [0.4, 0.5) is 5.82 Å². The Labute approximate surface area is 168 Å². The van der Waals surface area contributed by atoms with Crippen LogP contribution in [-0.4, -0.2) is 57.1 Å². The molecule has 1 unspecified atom stereocenters. The number of nitrogens with zero attached hydrogens (tertiary/aromatic N) is 5. The maximum atomic E-state index is 12.3. The molecule has 2 aromatic heterocycles. The molecule has 25 heavy (non-hydrogen) atoms. The van der Waals surface area contributed by atoms with Gasteiger partial charge in [-0.2, -0.15) is 0 Å². The number of nitrogens with one attached hydrogen (secondary N) is 1. The number of carbonyl (C=O) groups excluding carboxylic acids is 1. The van der Waals surface area contributed by atoms with Crippen molar-refractivity contribution in [1.82, 2.24) is 24.3 Å². The van der Waals surface area contributed by atoms with Crippen LogP contribution in [0.1, 0.15) is 12.8 Å². The first-order valence-corrected chi connectivity index (χ1v) is 12.7. The summed E-state index contributed by atoms with van der Waals surface area (Å²) in [5.74, 6) is 1.71. The van der Waals surface area contributed by atoms with E-state index in [0.717, 1.165) is 36.2 Å². The summed E-state index contributed by atoms with van der Waals surface area (Å²) in [6, 6.07) is 2.04.